The van der Waals surface area contributed by atoms with Gasteiger partial charge in [-0.3, -0.25) is 14.5 Å². The number of H-pyrrole nitrogens is 1. The van der Waals surface area contributed by atoms with Gasteiger partial charge < -0.3 is 33.9 Å². The summed E-state index contributed by atoms with van der Waals surface area (Å²) in [6.07, 6.45) is 0.622. The number of carbonyl (C=O) groups is 3. The number of nitrogens with one attached hydrogen (secondary N) is 1. The van der Waals surface area contributed by atoms with Crippen LogP contribution in [0.15, 0.2) is 23.8 Å². The molecule has 1 unspecified atom stereocenters. The van der Waals surface area contributed by atoms with Crippen molar-refractivity contribution in [2.75, 3.05) is 60.7 Å². The zero-order chi connectivity index (χ0) is 28.3. The third-order valence-corrected chi connectivity index (χ3v) is 7.32. The molecule has 2 aromatic rings. The predicted octanol–water partition coefficient (Wildman–Crippen LogP) is 2.58. The lowest BCUT2D eigenvalue weighted by Crippen LogP contribution is -2.39. The van der Waals surface area contributed by atoms with Crippen LogP contribution in [0, 0.1) is 13.8 Å². The van der Waals surface area contributed by atoms with Crippen LogP contribution in [0.2, 0.25) is 0 Å². The molecule has 210 valence electrons. The normalized spacial score (nSPS) is 19.4. The Morgan fingerprint density at radius 2 is 1.82 bits per heavy atom. The van der Waals surface area contributed by atoms with Gasteiger partial charge >= 0.3 is 5.97 Å². The van der Waals surface area contributed by atoms with Gasteiger partial charge in [-0.25, -0.2) is 4.79 Å². The lowest BCUT2D eigenvalue weighted by Gasteiger charge is -2.29. The van der Waals surface area contributed by atoms with Crippen LogP contribution in [-0.2, 0) is 19.1 Å². The Labute approximate surface area is 227 Å². The van der Waals surface area contributed by atoms with Gasteiger partial charge in [-0.1, -0.05) is 0 Å². The zero-order valence-electron chi connectivity index (χ0n) is 23.0. The molecule has 0 saturated carbocycles. The van der Waals surface area contributed by atoms with Crippen molar-refractivity contribution in [1.82, 2.24) is 14.8 Å². The predicted molar refractivity (Wildman–Crippen MR) is 142 cm³/mol. The Kier molecular flexibility index (Phi) is 8.61. The molecule has 1 atom stereocenters. The van der Waals surface area contributed by atoms with E-state index in [1.165, 1.54) is 26.2 Å². The van der Waals surface area contributed by atoms with Gasteiger partial charge in [0.05, 0.1) is 46.2 Å². The molecule has 0 radical (unpaired) electrons. The van der Waals surface area contributed by atoms with Gasteiger partial charge in [0.15, 0.2) is 0 Å². The van der Waals surface area contributed by atoms with Crippen LogP contribution < -0.4 is 9.47 Å². The second-order valence-electron chi connectivity index (χ2n) is 9.52. The number of aryl methyl sites for hydroxylation is 1. The van der Waals surface area contributed by atoms with Gasteiger partial charge in [0.25, 0.3) is 11.7 Å². The summed E-state index contributed by atoms with van der Waals surface area (Å²) in [5, 5.41) is 11.6. The van der Waals surface area contributed by atoms with E-state index in [4.69, 9.17) is 18.9 Å². The smallest absolute Gasteiger partial charge is 0.354 e. The lowest BCUT2D eigenvalue weighted by molar-refractivity contribution is -0.140. The maximum absolute atomic E-state index is 13.5. The van der Waals surface area contributed by atoms with Crippen LogP contribution in [0.3, 0.4) is 0 Å². The number of morpholine rings is 1. The minimum atomic E-state index is -0.911. The van der Waals surface area contributed by atoms with Crippen LogP contribution in [-0.4, -0.2) is 98.3 Å². The number of rotatable bonds is 9. The number of likely N-dealkylation sites (tertiary alicyclic amines) is 1. The molecule has 0 spiro atoms. The molecular weight excluding hydrogens is 506 g/mol. The number of Topliss-reactive ketones (excluding diaryl/α,β-unsaturated/α-hetero) is 1. The van der Waals surface area contributed by atoms with E-state index in [1.807, 2.05) is 0 Å². The highest BCUT2D eigenvalue weighted by molar-refractivity contribution is 6.46. The molecule has 39 heavy (non-hydrogen) atoms. The Morgan fingerprint density at radius 3 is 2.46 bits per heavy atom. The largest absolute Gasteiger partial charge is 0.507 e. The number of aliphatic hydroxyl groups is 1. The summed E-state index contributed by atoms with van der Waals surface area (Å²) in [4.78, 5) is 45.9. The summed E-state index contributed by atoms with van der Waals surface area (Å²) >= 11 is 0. The molecule has 11 nitrogen and oxygen atoms in total. The van der Waals surface area contributed by atoms with Crippen molar-refractivity contribution < 1.29 is 38.4 Å². The molecule has 2 saturated heterocycles. The average molecular weight is 542 g/mol. The number of esters is 1. The second-order valence-corrected chi connectivity index (χ2v) is 9.52. The number of nitrogens with zero attached hydrogens (tertiary/aromatic N) is 2. The number of carbonyl (C=O) groups excluding carboxylic acids is 3. The number of aromatic amines is 1. The van der Waals surface area contributed by atoms with Gasteiger partial charge in [0.1, 0.15) is 23.0 Å². The van der Waals surface area contributed by atoms with E-state index in [0.29, 0.717) is 48.0 Å². The van der Waals surface area contributed by atoms with E-state index >= 15 is 0 Å². The first kappa shape index (κ1) is 28.2. The van der Waals surface area contributed by atoms with Gasteiger partial charge in [-0.15, -0.1) is 0 Å². The molecule has 4 rings (SSSR count). The SMILES string of the molecule is COC(=O)c1[nH]c(C)c(/C(O)=C2\C(=O)C(=O)N(CCCN3CCOCC3)C2c2ccc(OC)cc2OC)c1C. The highest BCUT2D eigenvalue weighted by Gasteiger charge is 2.47. The molecule has 0 bridgehead atoms. The van der Waals surface area contributed by atoms with Crippen LogP contribution in [0.25, 0.3) is 5.76 Å². The van der Waals surface area contributed by atoms with E-state index in [2.05, 4.69) is 9.88 Å². The van der Waals surface area contributed by atoms with Crippen molar-refractivity contribution in [2.45, 2.75) is 26.3 Å². The van der Waals surface area contributed by atoms with Crippen LogP contribution >= 0.6 is 0 Å². The molecular formula is C28H35N3O8. The molecule has 1 aromatic carbocycles. The quantitative estimate of drug-likeness (QED) is 0.213. The maximum atomic E-state index is 13.5. The minimum absolute atomic E-state index is 0.0727. The molecule has 3 heterocycles. The van der Waals surface area contributed by atoms with E-state index in [0.717, 1.165) is 19.6 Å². The Balaban J connectivity index is 1.81. The topological polar surface area (TPSA) is 131 Å². The summed E-state index contributed by atoms with van der Waals surface area (Å²) in [5.41, 5.74) is 1.77. The summed E-state index contributed by atoms with van der Waals surface area (Å²) in [6, 6.07) is 4.21. The maximum Gasteiger partial charge on any atom is 0.354 e. The Hall–Kier alpha value is -3.83. The van der Waals surface area contributed by atoms with E-state index in [-0.39, 0.29) is 29.1 Å². The Bertz CT molecular complexity index is 1290. The lowest BCUT2D eigenvalue weighted by atomic mass is 9.93. The molecule has 2 aliphatic heterocycles. The molecule has 2 fully saturated rings. The average Bonchev–Trinajstić information content (AvgIpc) is 3.39. The molecule has 11 heteroatoms. The van der Waals surface area contributed by atoms with Crippen LogP contribution in [0.4, 0.5) is 0 Å². The number of ketones is 1. The summed E-state index contributed by atoms with van der Waals surface area (Å²) in [6.45, 7) is 7.29. The molecule has 2 N–H and O–H groups in total. The molecule has 1 amide bonds. The fourth-order valence-electron chi connectivity index (χ4n) is 5.31. The van der Waals surface area contributed by atoms with Gasteiger partial charge in [-0.2, -0.15) is 0 Å². The third-order valence-electron chi connectivity index (χ3n) is 7.32. The van der Waals surface area contributed by atoms with Gasteiger partial charge in [0.2, 0.25) is 0 Å². The molecule has 1 aromatic heterocycles. The minimum Gasteiger partial charge on any atom is -0.507 e. The van der Waals surface area contributed by atoms with Crippen molar-refractivity contribution in [3.8, 4) is 11.5 Å². The number of aliphatic hydroxyl groups excluding tert-OH is 1. The fraction of sp³-hybridized carbons (Fsp3) is 0.464. The van der Waals surface area contributed by atoms with Crippen molar-refractivity contribution >= 4 is 23.4 Å². The van der Waals surface area contributed by atoms with Gasteiger partial charge in [0, 0.05) is 49.1 Å². The third kappa shape index (κ3) is 5.37. The van der Waals surface area contributed by atoms with Crippen LogP contribution in [0.5, 0.6) is 11.5 Å². The second kappa shape index (κ2) is 11.9. The fourth-order valence-corrected chi connectivity index (χ4v) is 5.31. The van der Waals surface area contributed by atoms with E-state index in [9.17, 15) is 19.5 Å². The molecule has 2 aliphatic rings. The number of ether oxygens (including phenoxy) is 4. The van der Waals surface area contributed by atoms with Crippen molar-refractivity contribution in [2.24, 2.45) is 0 Å². The number of hydrogen-bond acceptors (Lipinski definition) is 9. The first-order chi connectivity index (χ1) is 18.7. The number of hydrogen-bond donors (Lipinski definition) is 2. The van der Waals surface area contributed by atoms with E-state index < -0.39 is 23.7 Å². The van der Waals surface area contributed by atoms with Crippen molar-refractivity contribution in [1.29, 1.82) is 0 Å². The van der Waals surface area contributed by atoms with Crippen molar-refractivity contribution in [3.63, 3.8) is 0 Å². The number of benzene rings is 1. The number of aromatic nitrogens is 1. The Morgan fingerprint density at radius 1 is 1.10 bits per heavy atom. The zero-order valence-corrected chi connectivity index (χ0v) is 23.0. The summed E-state index contributed by atoms with van der Waals surface area (Å²) in [5.74, 6) is -1.54. The van der Waals surface area contributed by atoms with Crippen LogP contribution in [0.1, 0.15) is 45.3 Å². The first-order valence-corrected chi connectivity index (χ1v) is 12.8. The summed E-state index contributed by atoms with van der Waals surface area (Å²) < 4.78 is 21.2. The first-order valence-electron chi connectivity index (χ1n) is 12.8. The van der Waals surface area contributed by atoms with E-state index in [1.54, 1.807) is 32.0 Å². The number of amides is 1. The van der Waals surface area contributed by atoms with Gasteiger partial charge in [-0.05, 0) is 38.0 Å². The highest BCUT2D eigenvalue weighted by atomic mass is 16.5. The highest BCUT2D eigenvalue weighted by Crippen LogP contribution is 2.44. The standard InChI is InChI=1S/C28H35N3O8/c1-16-21(17(2)29-23(16)28(35)38-5)25(32)22-24(19-8-7-18(36-3)15-20(19)37-4)31(27(34)26(22)33)10-6-9-30-11-13-39-14-12-30/h7-8,15,24,29,32H,6,9-14H2,1-5H3/b25-22+. The summed E-state index contributed by atoms with van der Waals surface area (Å²) in [7, 11) is 4.28. The number of methoxy groups -OCH3 is 3. The molecule has 0 aliphatic carbocycles. The monoisotopic (exact) mass is 541 g/mol. The van der Waals surface area contributed by atoms with Crippen molar-refractivity contribution in [3.05, 3.63) is 51.9 Å².